The topological polar surface area (TPSA) is 65.9 Å². The molecule has 0 bridgehead atoms. The molecule has 0 atom stereocenters. The van der Waals surface area contributed by atoms with Gasteiger partial charge in [-0.15, -0.1) is 0 Å². The summed E-state index contributed by atoms with van der Waals surface area (Å²) in [5.74, 6) is 0.966. The summed E-state index contributed by atoms with van der Waals surface area (Å²) in [7, 11) is 0. The van der Waals surface area contributed by atoms with Crippen molar-refractivity contribution in [2.75, 3.05) is 31.1 Å². The number of amides is 1. The Labute approximate surface area is 119 Å². The second-order valence-electron chi connectivity index (χ2n) is 5.83. The molecule has 6 heteroatoms. The third kappa shape index (κ3) is 3.76. The lowest BCUT2D eigenvalue weighted by molar-refractivity contribution is 0.0240. The molecule has 0 aliphatic carbocycles. The fraction of sp³-hybridized carbons (Fsp3) is 0.571. The fourth-order valence-electron chi connectivity index (χ4n) is 2.01. The Morgan fingerprint density at radius 3 is 2.40 bits per heavy atom. The molecule has 6 nitrogen and oxygen atoms in total. The molecule has 0 radical (unpaired) electrons. The van der Waals surface area contributed by atoms with Gasteiger partial charge in [-0.05, 0) is 32.9 Å². The Bertz CT molecular complexity index is 460. The van der Waals surface area contributed by atoms with E-state index in [9.17, 15) is 9.90 Å². The molecule has 0 spiro atoms. The first-order chi connectivity index (χ1) is 9.35. The van der Waals surface area contributed by atoms with Crippen molar-refractivity contribution in [2.45, 2.75) is 26.4 Å². The molecule has 1 N–H and O–H groups in total. The van der Waals surface area contributed by atoms with Crippen molar-refractivity contribution in [1.82, 2.24) is 9.88 Å². The summed E-state index contributed by atoms with van der Waals surface area (Å²) < 4.78 is 5.35. The van der Waals surface area contributed by atoms with Crippen LogP contribution in [0.1, 0.15) is 20.8 Å². The minimum absolute atomic E-state index is 0.154. The van der Waals surface area contributed by atoms with Crippen LogP contribution in [0.4, 0.5) is 10.6 Å². The van der Waals surface area contributed by atoms with E-state index in [0.29, 0.717) is 26.2 Å². The molecule has 110 valence electrons. The summed E-state index contributed by atoms with van der Waals surface area (Å²) in [4.78, 5) is 19.9. The largest absolute Gasteiger partial charge is 0.506 e. The number of carbonyl (C=O) groups is 1. The van der Waals surface area contributed by atoms with E-state index in [4.69, 9.17) is 4.74 Å². The molecule has 1 aromatic rings. The first-order valence-corrected chi connectivity index (χ1v) is 6.73. The van der Waals surface area contributed by atoms with Gasteiger partial charge in [0.15, 0.2) is 0 Å². The number of piperazine rings is 1. The minimum atomic E-state index is -0.466. The van der Waals surface area contributed by atoms with Gasteiger partial charge in [-0.1, -0.05) is 0 Å². The molecule has 0 unspecified atom stereocenters. The molecule has 1 saturated heterocycles. The van der Waals surface area contributed by atoms with Crippen LogP contribution in [-0.2, 0) is 4.74 Å². The highest BCUT2D eigenvalue weighted by Gasteiger charge is 2.26. The Morgan fingerprint density at radius 2 is 1.90 bits per heavy atom. The highest BCUT2D eigenvalue weighted by Crippen LogP contribution is 2.17. The number of rotatable bonds is 1. The number of aromatic nitrogens is 1. The van der Waals surface area contributed by atoms with Gasteiger partial charge < -0.3 is 19.6 Å². The van der Waals surface area contributed by atoms with E-state index in [-0.39, 0.29) is 11.8 Å². The number of pyridine rings is 1. The number of nitrogens with zero attached hydrogens (tertiary/aromatic N) is 3. The molecule has 0 aromatic carbocycles. The Kier molecular flexibility index (Phi) is 4.01. The van der Waals surface area contributed by atoms with Gasteiger partial charge in [0.1, 0.15) is 17.2 Å². The molecule has 1 aliphatic heterocycles. The Morgan fingerprint density at radius 1 is 1.25 bits per heavy atom. The normalized spacial score (nSPS) is 16.1. The van der Waals surface area contributed by atoms with Gasteiger partial charge in [0, 0.05) is 26.2 Å². The number of anilines is 1. The summed E-state index contributed by atoms with van der Waals surface area (Å²) in [6.07, 6.45) is 1.16. The number of aromatic hydroxyl groups is 1. The van der Waals surface area contributed by atoms with Gasteiger partial charge in [-0.2, -0.15) is 0 Å². The van der Waals surface area contributed by atoms with E-state index in [1.165, 1.54) is 6.20 Å². The smallest absolute Gasteiger partial charge is 0.410 e. The maximum atomic E-state index is 11.9. The minimum Gasteiger partial charge on any atom is -0.506 e. The maximum Gasteiger partial charge on any atom is 0.410 e. The fourth-order valence-corrected chi connectivity index (χ4v) is 2.01. The molecule has 1 aliphatic rings. The monoisotopic (exact) mass is 279 g/mol. The summed E-state index contributed by atoms with van der Waals surface area (Å²) in [5.41, 5.74) is -0.466. The van der Waals surface area contributed by atoms with Crippen molar-refractivity contribution in [2.24, 2.45) is 0 Å². The Balaban J connectivity index is 1.89. The van der Waals surface area contributed by atoms with Crippen LogP contribution in [-0.4, -0.2) is 52.9 Å². The van der Waals surface area contributed by atoms with Gasteiger partial charge in [0.05, 0.1) is 6.20 Å². The van der Waals surface area contributed by atoms with Crippen molar-refractivity contribution in [3.8, 4) is 5.75 Å². The highest BCUT2D eigenvalue weighted by molar-refractivity contribution is 5.68. The lowest BCUT2D eigenvalue weighted by Gasteiger charge is -2.36. The molecule has 1 aromatic heterocycles. The molecule has 20 heavy (non-hydrogen) atoms. The van der Waals surface area contributed by atoms with Crippen LogP contribution < -0.4 is 4.90 Å². The van der Waals surface area contributed by atoms with Gasteiger partial charge >= 0.3 is 6.09 Å². The van der Waals surface area contributed by atoms with Crippen molar-refractivity contribution in [3.05, 3.63) is 18.3 Å². The number of hydrogen-bond acceptors (Lipinski definition) is 5. The Hall–Kier alpha value is -1.98. The van der Waals surface area contributed by atoms with Gasteiger partial charge in [-0.3, -0.25) is 0 Å². The van der Waals surface area contributed by atoms with Gasteiger partial charge in [-0.25, -0.2) is 9.78 Å². The highest BCUT2D eigenvalue weighted by atomic mass is 16.6. The SMILES string of the molecule is CC(C)(C)OC(=O)N1CCN(c2ccc(O)cn2)CC1. The molecule has 0 saturated carbocycles. The second-order valence-corrected chi connectivity index (χ2v) is 5.83. The van der Waals surface area contributed by atoms with Crippen LogP contribution in [0, 0.1) is 0 Å². The third-order valence-corrected chi connectivity index (χ3v) is 2.99. The summed E-state index contributed by atoms with van der Waals surface area (Å²) in [6, 6.07) is 3.39. The van der Waals surface area contributed by atoms with Crippen LogP contribution in [0.15, 0.2) is 18.3 Å². The van der Waals surface area contributed by atoms with Crippen LogP contribution in [0.25, 0.3) is 0 Å². The maximum absolute atomic E-state index is 11.9. The predicted octanol–water partition coefficient (Wildman–Crippen LogP) is 1.84. The average molecular weight is 279 g/mol. The van der Waals surface area contributed by atoms with Crippen molar-refractivity contribution < 1.29 is 14.6 Å². The molecular formula is C14H21N3O3. The van der Waals surface area contributed by atoms with Gasteiger partial charge in [0.25, 0.3) is 0 Å². The lowest BCUT2D eigenvalue weighted by Crippen LogP contribution is -2.50. The molecule has 1 fully saturated rings. The van der Waals surface area contributed by atoms with E-state index in [1.807, 2.05) is 20.8 Å². The molecule has 2 rings (SSSR count). The van der Waals surface area contributed by atoms with Crippen LogP contribution >= 0.6 is 0 Å². The van der Waals surface area contributed by atoms with E-state index in [2.05, 4.69) is 9.88 Å². The lowest BCUT2D eigenvalue weighted by atomic mass is 10.2. The van der Waals surface area contributed by atoms with E-state index < -0.39 is 5.60 Å². The van der Waals surface area contributed by atoms with E-state index in [0.717, 1.165) is 5.82 Å². The quantitative estimate of drug-likeness (QED) is 0.849. The van der Waals surface area contributed by atoms with Crippen LogP contribution in [0.5, 0.6) is 5.75 Å². The van der Waals surface area contributed by atoms with Crippen LogP contribution in [0.3, 0.4) is 0 Å². The molecule has 1 amide bonds. The first-order valence-electron chi connectivity index (χ1n) is 6.73. The van der Waals surface area contributed by atoms with Gasteiger partial charge in [0.2, 0.25) is 0 Å². The van der Waals surface area contributed by atoms with Crippen molar-refractivity contribution in [1.29, 1.82) is 0 Å². The first kappa shape index (κ1) is 14.4. The second kappa shape index (κ2) is 5.56. The van der Waals surface area contributed by atoms with Crippen molar-refractivity contribution >= 4 is 11.9 Å². The number of carbonyl (C=O) groups excluding carboxylic acids is 1. The number of hydrogen-bond donors (Lipinski definition) is 1. The standard InChI is InChI=1S/C14H21N3O3/c1-14(2,3)20-13(19)17-8-6-16(7-9-17)12-5-4-11(18)10-15-12/h4-5,10,18H,6-9H2,1-3H3. The van der Waals surface area contributed by atoms with Crippen LogP contribution in [0.2, 0.25) is 0 Å². The third-order valence-electron chi connectivity index (χ3n) is 2.99. The summed E-state index contributed by atoms with van der Waals surface area (Å²) in [5, 5.41) is 9.23. The summed E-state index contributed by atoms with van der Waals surface area (Å²) >= 11 is 0. The molecular weight excluding hydrogens is 258 g/mol. The van der Waals surface area contributed by atoms with E-state index >= 15 is 0 Å². The average Bonchev–Trinajstić information content (AvgIpc) is 2.38. The number of ether oxygens (including phenoxy) is 1. The summed E-state index contributed by atoms with van der Waals surface area (Å²) in [6.45, 7) is 8.22. The zero-order chi connectivity index (χ0) is 14.8. The van der Waals surface area contributed by atoms with E-state index in [1.54, 1.807) is 17.0 Å². The molecule has 2 heterocycles. The van der Waals surface area contributed by atoms with Crippen molar-refractivity contribution in [3.63, 3.8) is 0 Å². The zero-order valence-electron chi connectivity index (χ0n) is 12.2. The zero-order valence-corrected chi connectivity index (χ0v) is 12.2. The predicted molar refractivity (Wildman–Crippen MR) is 75.9 cm³/mol.